The molecule has 0 saturated heterocycles. The smallest absolute Gasteiger partial charge is 0.321 e. The first-order valence-corrected chi connectivity index (χ1v) is 5.25. The van der Waals surface area contributed by atoms with Crippen LogP contribution in [0.4, 0.5) is 0 Å². The van der Waals surface area contributed by atoms with Gasteiger partial charge in [0.2, 0.25) is 0 Å². The Labute approximate surface area is 125 Å². The summed E-state index contributed by atoms with van der Waals surface area (Å²) in [5.74, 6) is 0.694. The van der Waals surface area contributed by atoms with Gasteiger partial charge in [0.1, 0.15) is 0 Å². The molecule has 0 heterocycles. The maximum absolute atomic E-state index is 8.47. The molecular formula is C14H16O4Ti+4. The van der Waals surface area contributed by atoms with Crippen molar-refractivity contribution in [2.75, 3.05) is 0 Å². The van der Waals surface area contributed by atoms with Crippen LogP contribution in [0.1, 0.15) is 11.1 Å². The fourth-order valence-corrected chi connectivity index (χ4v) is 1.22. The summed E-state index contributed by atoms with van der Waals surface area (Å²) >= 11 is 0. The molecular weight excluding hydrogens is 280 g/mol. The van der Waals surface area contributed by atoms with Crippen LogP contribution in [0.25, 0.3) is 0 Å². The largest absolute Gasteiger partial charge is 0.593 e. The van der Waals surface area contributed by atoms with E-state index in [9.17, 15) is 0 Å². The van der Waals surface area contributed by atoms with E-state index in [1.807, 2.05) is 0 Å². The summed E-state index contributed by atoms with van der Waals surface area (Å²) in [5, 5.41) is 14.4. The molecule has 0 spiro atoms. The predicted molar refractivity (Wildman–Crippen MR) is 73.2 cm³/mol. The summed E-state index contributed by atoms with van der Waals surface area (Å²) < 4.78 is 0. The molecule has 0 amide bonds. The Morgan fingerprint density at radius 1 is 0.684 bits per heavy atom. The Hall–Kier alpha value is -1.91. The molecule has 2 aromatic rings. The Bertz CT molecular complexity index is 491. The predicted octanol–water partition coefficient (Wildman–Crippen LogP) is 1.29. The zero-order valence-electron chi connectivity index (χ0n) is 10.2. The van der Waals surface area contributed by atoms with Gasteiger partial charge < -0.3 is 10.2 Å². The van der Waals surface area contributed by atoms with Crippen LogP contribution in [-0.4, -0.2) is 32.4 Å². The minimum absolute atomic E-state index is 0. The molecule has 0 aliphatic heterocycles. The topological polar surface area (TPSA) is 88.6 Å². The van der Waals surface area contributed by atoms with Gasteiger partial charge in [-0.2, -0.15) is 0 Å². The average molecular weight is 296 g/mol. The number of hydrogen-bond donors (Lipinski definition) is 0. The number of carbonyl (C=O) groups excluding carboxylic acids is 2. The van der Waals surface area contributed by atoms with Crippen LogP contribution in [0.5, 0.6) is 11.5 Å². The Balaban J connectivity index is 0.000000324. The maximum atomic E-state index is 8.47. The normalized spacial score (nSPS) is 8.42. The second-order valence-corrected chi connectivity index (χ2v) is 3.43. The van der Waals surface area contributed by atoms with E-state index >= 15 is 0 Å². The molecule has 0 saturated carbocycles. The van der Waals surface area contributed by atoms with Crippen molar-refractivity contribution >= 4 is 12.6 Å². The molecule has 5 heteroatoms. The second-order valence-electron chi connectivity index (χ2n) is 3.43. The van der Waals surface area contributed by atoms with Gasteiger partial charge in [0, 0.05) is 33.9 Å². The van der Waals surface area contributed by atoms with Crippen LogP contribution in [0.15, 0.2) is 48.5 Å². The van der Waals surface area contributed by atoms with Gasteiger partial charge in [-0.1, -0.05) is 24.3 Å². The monoisotopic (exact) mass is 296 g/mol. The summed E-state index contributed by atoms with van der Waals surface area (Å²) in [6.45, 7) is 0. The van der Waals surface area contributed by atoms with Crippen molar-refractivity contribution in [3.8, 4) is 11.5 Å². The zero-order chi connectivity index (χ0) is 13.4. The van der Waals surface area contributed by atoms with Gasteiger partial charge in [0.25, 0.3) is 11.5 Å². The van der Waals surface area contributed by atoms with E-state index < -0.39 is 0 Å². The number of benzene rings is 2. The molecule has 6 N–H and O–H groups in total. The van der Waals surface area contributed by atoms with Crippen molar-refractivity contribution in [1.82, 2.24) is 0 Å². The molecule has 0 atom stereocenters. The van der Waals surface area contributed by atoms with Gasteiger partial charge >= 0.3 is 12.6 Å². The third kappa shape index (κ3) is 5.51. The van der Waals surface area contributed by atoms with Crippen LogP contribution in [0.2, 0.25) is 0 Å². The van der Waals surface area contributed by atoms with Crippen molar-refractivity contribution in [1.29, 1.82) is 0 Å². The maximum Gasteiger partial charge on any atom is 0.321 e. The van der Waals surface area contributed by atoms with Crippen molar-refractivity contribution in [3.63, 3.8) is 0 Å². The van der Waals surface area contributed by atoms with Crippen molar-refractivity contribution in [2.24, 2.45) is 0 Å². The van der Waals surface area contributed by atoms with Gasteiger partial charge in [0.15, 0.2) is 11.1 Å². The Morgan fingerprint density at radius 2 is 1.00 bits per heavy atom. The van der Waals surface area contributed by atoms with E-state index in [0.29, 0.717) is 22.6 Å². The number of rotatable bonds is 2. The van der Waals surface area contributed by atoms with Gasteiger partial charge in [-0.25, -0.2) is 0 Å². The molecule has 4 nitrogen and oxygen atoms in total. The van der Waals surface area contributed by atoms with Crippen molar-refractivity contribution in [2.45, 2.75) is 0 Å². The zero-order valence-corrected chi connectivity index (χ0v) is 11.7. The quantitative estimate of drug-likeness (QED) is 0.454. The van der Waals surface area contributed by atoms with Crippen molar-refractivity contribution in [3.05, 3.63) is 59.7 Å². The molecule has 0 aliphatic rings. The SMILES string of the molecule is [OH+]=Cc1ccccc1[OH2+].[OH+]=Cc1ccccc1[OH2+].[Ti]. The van der Waals surface area contributed by atoms with Crippen LogP contribution < -0.4 is 0 Å². The number of para-hydroxylation sites is 2. The molecule has 0 bridgehead atoms. The molecule has 0 fully saturated rings. The summed E-state index contributed by atoms with van der Waals surface area (Å²) in [6.07, 6.45) is 1.87. The third-order valence-electron chi connectivity index (χ3n) is 2.20. The molecule has 0 radical (unpaired) electrons. The first-order chi connectivity index (χ1) is 8.69. The molecule has 0 unspecified atom stereocenters. The minimum Gasteiger partial charge on any atom is -0.593 e. The van der Waals surface area contributed by atoms with Gasteiger partial charge in [-0.05, 0) is 12.1 Å². The standard InChI is InChI=1S/2C7H6O2.Ti/c2*8-5-6-3-1-2-4-7(6)9;/h2*1-5,9H;/p+4. The summed E-state index contributed by atoms with van der Waals surface area (Å²) in [7, 11) is 0. The minimum atomic E-state index is 0. The molecule has 2 aromatic carbocycles. The summed E-state index contributed by atoms with van der Waals surface area (Å²) in [5.41, 5.74) is 1.11. The first kappa shape index (κ1) is 17.1. The van der Waals surface area contributed by atoms with E-state index in [-0.39, 0.29) is 21.7 Å². The molecule has 2 rings (SSSR count). The Morgan fingerprint density at radius 3 is 1.21 bits per heavy atom. The fraction of sp³-hybridized carbons (Fsp3) is 0. The molecule has 0 aromatic heterocycles. The van der Waals surface area contributed by atoms with Crippen LogP contribution in [0.3, 0.4) is 0 Å². The third-order valence-corrected chi connectivity index (χ3v) is 2.20. The number of aldehydes is 2. The summed E-state index contributed by atoms with van der Waals surface area (Å²) in [6, 6.07) is 13.7. The van der Waals surface area contributed by atoms with E-state index in [0.717, 1.165) is 12.6 Å². The van der Waals surface area contributed by atoms with E-state index in [4.69, 9.17) is 19.8 Å². The van der Waals surface area contributed by atoms with Gasteiger partial charge in [0.05, 0.1) is 0 Å². The Kier molecular flexibility index (Phi) is 8.17. The first-order valence-electron chi connectivity index (χ1n) is 5.25. The van der Waals surface area contributed by atoms with Crippen LogP contribution in [-0.2, 0) is 21.7 Å². The van der Waals surface area contributed by atoms with Crippen LogP contribution >= 0.6 is 0 Å². The summed E-state index contributed by atoms with van der Waals surface area (Å²) in [4.78, 5) is 16.9. The van der Waals surface area contributed by atoms with Crippen molar-refractivity contribution < 1.29 is 41.5 Å². The van der Waals surface area contributed by atoms with Gasteiger partial charge in [-0.3, -0.25) is 9.59 Å². The number of hydrogen-bond acceptors (Lipinski definition) is 0. The van der Waals surface area contributed by atoms with Crippen LogP contribution in [0, 0.1) is 0 Å². The van der Waals surface area contributed by atoms with E-state index in [2.05, 4.69) is 0 Å². The van der Waals surface area contributed by atoms with Gasteiger partial charge in [-0.15, -0.1) is 0 Å². The molecule has 0 aliphatic carbocycles. The van der Waals surface area contributed by atoms with E-state index in [1.54, 1.807) is 48.5 Å². The second kappa shape index (κ2) is 9.08. The van der Waals surface area contributed by atoms with E-state index in [1.165, 1.54) is 0 Å². The molecule has 19 heavy (non-hydrogen) atoms. The average Bonchev–Trinajstić information content (AvgIpc) is 2.41. The fourth-order valence-electron chi connectivity index (χ4n) is 1.22. The molecule has 96 valence electrons.